The minimum Gasteiger partial charge on any atom is -0.322 e. The summed E-state index contributed by atoms with van der Waals surface area (Å²) in [6.45, 7) is 3.92. The lowest BCUT2D eigenvalue weighted by molar-refractivity contribution is 0.102. The summed E-state index contributed by atoms with van der Waals surface area (Å²) in [5.74, 6) is -0.323. The molecule has 0 radical (unpaired) electrons. The van der Waals surface area contributed by atoms with E-state index in [2.05, 4.69) is 10.3 Å². The fourth-order valence-corrected chi connectivity index (χ4v) is 1.82. The first-order chi connectivity index (χ1) is 9.11. The largest absolute Gasteiger partial charge is 0.322 e. The van der Waals surface area contributed by atoms with E-state index in [0.29, 0.717) is 5.56 Å². The molecule has 0 spiro atoms. The molecule has 0 saturated heterocycles. The standard InChI is InChI=1S/C15H13N3O/c1-10-3-4-14(11(2)7-10)18-15(19)13-9-17-6-5-12(13)8-16/h3-7,9H,1-2H3,(H,18,19). The van der Waals surface area contributed by atoms with Crippen LogP contribution in [0.4, 0.5) is 5.69 Å². The Kier molecular flexibility index (Phi) is 3.58. The molecule has 4 nitrogen and oxygen atoms in total. The normalized spacial score (nSPS) is 9.74. The monoisotopic (exact) mass is 251 g/mol. The van der Waals surface area contributed by atoms with Crippen molar-refractivity contribution in [2.24, 2.45) is 0 Å². The topological polar surface area (TPSA) is 65.8 Å². The number of benzene rings is 1. The average Bonchev–Trinajstić information content (AvgIpc) is 2.41. The number of hydrogen-bond acceptors (Lipinski definition) is 3. The highest BCUT2D eigenvalue weighted by molar-refractivity contribution is 6.06. The zero-order chi connectivity index (χ0) is 13.8. The lowest BCUT2D eigenvalue weighted by Crippen LogP contribution is -2.14. The Hall–Kier alpha value is -2.67. The molecule has 0 aliphatic rings. The third-order valence-corrected chi connectivity index (χ3v) is 2.82. The van der Waals surface area contributed by atoms with Gasteiger partial charge >= 0.3 is 0 Å². The summed E-state index contributed by atoms with van der Waals surface area (Å²) in [4.78, 5) is 16.0. The number of aromatic nitrogens is 1. The molecule has 1 aromatic heterocycles. The van der Waals surface area contributed by atoms with Gasteiger partial charge in [-0.15, -0.1) is 0 Å². The van der Waals surface area contributed by atoms with Gasteiger partial charge in [0.1, 0.15) is 6.07 Å². The highest BCUT2D eigenvalue weighted by Crippen LogP contribution is 2.17. The number of carbonyl (C=O) groups is 1. The number of anilines is 1. The maximum absolute atomic E-state index is 12.1. The SMILES string of the molecule is Cc1ccc(NC(=O)c2cnccc2C#N)c(C)c1. The number of aryl methyl sites for hydroxylation is 2. The van der Waals surface area contributed by atoms with Crippen LogP contribution in [0.1, 0.15) is 27.0 Å². The van der Waals surface area contributed by atoms with Crippen LogP contribution < -0.4 is 5.32 Å². The number of pyridine rings is 1. The van der Waals surface area contributed by atoms with Crippen LogP contribution in [0.15, 0.2) is 36.7 Å². The first kappa shape index (κ1) is 12.8. The van der Waals surface area contributed by atoms with Gasteiger partial charge in [0.05, 0.1) is 11.1 Å². The molecule has 0 bridgehead atoms. The van der Waals surface area contributed by atoms with E-state index in [-0.39, 0.29) is 11.5 Å². The van der Waals surface area contributed by atoms with Gasteiger partial charge in [0.2, 0.25) is 0 Å². The van der Waals surface area contributed by atoms with Crippen molar-refractivity contribution >= 4 is 11.6 Å². The van der Waals surface area contributed by atoms with Crippen LogP contribution in [-0.2, 0) is 0 Å². The summed E-state index contributed by atoms with van der Waals surface area (Å²) in [5.41, 5.74) is 3.45. The number of carbonyl (C=O) groups excluding carboxylic acids is 1. The lowest BCUT2D eigenvalue weighted by Gasteiger charge is -2.09. The van der Waals surface area contributed by atoms with E-state index in [4.69, 9.17) is 5.26 Å². The van der Waals surface area contributed by atoms with Crippen molar-refractivity contribution in [2.45, 2.75) is 13.8 Å². The second-order valence-corrected chi connectivity index (χ2v) is 4.31. The van der Waals surface area contributed by atoms with Crippen molar-refractivity contribution < 1.29 is 4.79 Å². The molecule has 0 atom stereocenters. The van der Waals surface area contributed by atoms with Crippen molar-refractivity contribution in [3.8, 4) is 6.07 Å². The Labute approximate surface area is 111 Å². The predicted molar refractivity (Wildman–Crippen MR) is 72.8 cm³/mol. The number of nitriles is 1. The summed E-state index contributed by atoms with van der Waals surface area (Å²) in [6.07, 6.45) is 2.89. The van der Waals surface area contributed by atoms with Gasteiger partial charge in [0, 0.05) is 18.1 Å². The Morgan fingerprint density at radius 3 is 2.79 bits per heavy atom. The van der Waals surface area contributed by atoms with Crippen LogP contribution in [0.25, 0.3) is 0 Å². The molecule has 0 aliphatic heterocycles. The second kappa shape index (κ2) is 5.32. The first-order valence-electron chi connectivity index (χ1n) is 5.84. The van der Waals surface area contributed by atoms with Gasteiger partial charge in [-0.1, -0.05) is 17.7 Å². The molecule has 0 unspecified atom stereocenters. The third kappa shape index (κ3) is 2.78. The highest BCUT2D eigenvalue weighted by Gasteiger charge is 2.12. The third-order valence-electron chi connectivity index (χ3n) is 2.82. The van der Waals surface area contributed by atoms with Crippen molar-refractivity contribution in [2.75, 3.05) is 5.32 Å². The zero-order valence-electron chi connectivity index (χ0n) is 10.8. The van der Waals surface area contributed by atoms with E-state index in [0.717, 1.165) is 16.8 Å². The van der Waals surface area contributed by atoms with Crippen LogP contribution in [0, 0.1) is 25.2 Å². The van der Waals surface area contributed by atoms with E-state index >= 15 is 0 Å². The van der Waals surface area contributed by atoms with Crippen LogP contribution in [0.3, 0.4) is 0 Å². The van der Waals surface area contributed by atoms with Gasteiger partial charge in [-0.2, -0.15) is 5.26 Å². The van der Waals surface area contributed by atoms with Crippen molar-refractivity contribution in [3.63, 3.8) is 0 Å². The van der Waals surface area contributed by atoms with Crippen molar-refractivity contribution in [3.05, 3.63) is 58.9 Å². The molecule has 1 N–H and O–H groups in total. The summed E-state index contributed by atoms with van der Waals surface area (Å²) < 4.78 is 0. The quantitative estimate of drug-likeness (QED) is 0.892. The van der Waals surface area contributed by atoms with E-state index in [9.17, 15) is 4.79 Å². The van der Waals surface area contributed by atoms with Gasteiger partial charge in [0.15, 0.2) is 0 Å². The summed E-state index contributed by atoms with van der Waals surface area (Å²) in [7, 11) is 0. The van der Waals surface area contributed by atoms with Gasteiger partial charge in [-0.3, -0.25) is 9.78 Å². The maximum Gasteiger partial charge on any atom is 0.258 e. The van der Waals surface area contributed by atoms with Crippen LogP contribution in [-0.4, -0.2) is 10.9 Å². The maximum atomic E-state index is 12.1. The van der Waals surface area contributed by atoms with E-state index in [1.807, 2.05) is 38.1 Å². The van der Waals surface area contributed by atoms with E-state index in [1.165, 1.54) is 18.5 Å². The molecule has 2 rings (SSSR count). The number of nitrogens with zero attached hydrogens (tertiary/aromatic N) is 2. The predicted octanol–water partition coefficient (Wildman–Crippen LogP) is 2.82. The van der Waals surface area contributed by atoms with Gasteiger partial charge in [-0.05, 0) is 31.5 Å². The minimum absolute atomic E-state index is 0.282. The molecule has 1 heterocycles. The molecule has 19 heavy (non-hydrogen) atoms. The molecule has 0 saturated carbocycles. The summed E-state index contributed by atoms with van der Waals surface area (Å²) in [6, 6.07) is 9.28. The Morgan fingerprint density at radius 1 is 1.32 bits per heavy atom. The smallest absolute Gasteiger partial charge is 0.258 e. The Balaban J connectivity index is 2.29. The molecule has 2 aromatic rings. The molecule has 4 heteroatoms. The molecule has 0 fully saturated rings. The number of amides is 1. The Bertz CT molecular complexity index is 671. The highest BCUT2D eigenvalue weighted by atomic mass is 16.1. The average molecular weight is 251 g/mol. The van der Waals surface area contributed by atoms with E-state index in [1.54, 1.807) is 0 Å². The fraction of sp³-hybridized carbons (Fsp3) is 0.133. The van der Waals surface area contributed by atoms with Gasteiger partial charge in [-0.25, -0.2) is 0 Å². The molecule has 0 aliphatic carbocycles. The molecule has 94 valence electrons. The van der Waals surface area contributed by atoms with Crippen LogP contribution >= 0.6 is 0 Å². The summed E-state index contributed by atoms with van der Waals surface area (Å²) in [5, 5.41) is 11.8. The lowest BCUT2D eigenvalue weighted by atomic mass is 10.1. The van der Waals surface area contributed by atoms with E-state index < -0.39 is 0 Å². The number of hydrogen-bond donors (Lipinski definition) is 1. The zero-order valence-corrected chi connectivity index (χ0v) is 10.8. The number of nitrogens with one attached hydrogen (secondary N) is 1. The first-order valence-corrected chi connectivity index (χ1v) is 5.84. The Morgan fingerprint density at radius 2 is 2.11 bits per heavy atom. The van der Waals surface area contributed by atoms with Crippen LogP contribution in [0.5, 0.6) is 0 Å². The minimum atomic E-state index is -0.323. The fourth-order valence-electron chi connectivity index (χ4n) is 1.82. The molecule has 1 amide bonds. The molecular formula is C15H13N3O. The second-order valence-electron chi connectivity index (χ2n) is 4.31. The van der Waals surface area contributed by atoms with Crippen molar-refractivity contribution in [1.29, 1.82) is 5.26 Å². The van der Waals surface area contributed by atoms with Crippen LogP contribution in [0.2, 0.25) is 0 Å². The summed E-state index contributed by atoms with van der Waals surface area (Å²) >= 11 is 0. The van der Waals surface area contributed by atoms with Gasteiger partial charge in [0.25, 0.3) is 5.91 Å². The molecule has 1 aromatic carbocycles. The van der Waals surface area contributed by atoms with Gasteiger partial charge < -0.3 is 5.32 Å². The molecular weight excluding hydrogens is 238 g/mol. The number of rotatable bonds is 2. The van der Waals surface area contributed by atoms with Crippen molar-refractivity contribution in [1.82, 2.24) is 4.98 Å².